The number of rotatable bonds is 5. The van der Waals surface area contributed by atoms with Crippen LogP contribution >= 0.6 is 0 Å². The van der Waals surface area contributed by atoms with Gasteiger partial charge in [-0.25, -0.2) is 0 Å². The fourth-order valence-electron chi connectivity index (χ4n) is 5.82. The lowest BCUT2D eigenvalue weighted by Gasteiger charge is -2.52. The average Bonchev–Trinajstić information content (AvgIpc) is 2.63. The summed E-state index contributed by atoms with van der Waals surface area (Å²) in [5.41, 5.74) is 1.03. The summed E-state index contributed by atoms with van der Waals surface area (Å²) in [6, 6.07) is 12.1. The first-order valence-electron chi connectivity index (χ1n) is 10.7. The highest BCUT2D eigenvalue weighted by Gasteiger charge is 2.45. The van der Waals surface area contributed by atoms with E-state index in [1.165, 1.54) is 63.4 Å². The van der Waals surface area contributed by atoms with Crippen molar-refractivity contribution < 1.29 is 5.11 Å². The van der Waals surface area contributed by atoms with E-state index in [0.29, 0.717) is 12.1 Å². The first-order valence-corrected chi connectivity index (χ1v) is 10.7. The van der Waals surface area contributed by atoms with E-state index in [2.05, 4.69) is 35.2 Å². The molecule has 2 unspecified atom stereocenters. The van der Waals surface area contributed by atoms with Crippen LogP contribution < -0.4 is 0 Å². The van der Waals surface area contributed by atoms with Gasteiger partial charge in [-0.1, -0.05) is 68.9 Å². The zero-order valence-electron chi connectivity index (χ0n) is 15.7. The van der Waals surface area contributed by atoms with Gasteiger partial charge in [-0.15, -0.1) is 0 Å². The molecule has 0 aromatic heterocycles. The molecule has 2 aliphatic heterocycles. The Kier molecular flexibility index (Phi) is 5.47. The van der Waals surface area contributed by atoms with Crippen molar-refractivity contribution in [3.8, 4) is 0 Å². The third-order valence-electron chi connectivity index (χ3n) is 7.19. The number of nitrogens with zero attached hydrogens (tertiary/aromatic N) is 1. The first kappa shape index (κ1) is 17.5. The molecule has 2 heteroatoms. The molecule has 2 saturated heterocycles. The minimum absolute atomic E-state index is 0.389. The van der Waals surface area contributed by atoms with Crippen molar-refractivity contribution in [2.45, 2.75) is 101 Å². The number of piperidine rings is 2. The van der Waals surface area contributed by atoms with Gasteiger partial charge in [-0.2, -0.15) is 0 Å². The molecule has 2 bridgehead atoms. The van der Waals surface area contributed by atoms with Crippen LogP contribution in [0.1, 0.15) is 82.6 Å². The molecule has 1 saturated carbocycles. The molecule has 0 amide bonds. The minimum atomic E-state index is -0.389. The maximum atomic E-state index is 11.4. The Morgan fingerprint density at radius 2 is 1.56 bits per heavy atom. The Morgan fingerprint density at radius 3 is 2.24 bits per heavy atom. The van der Waals surface area contributed by atoms with Crippen molar-refractivity contribution in [2.24, 2.45) is 5.92 Å². The molecule has 138 valence electrons. The van der Waals surface area contributed by atoms with Crippen LogP contribution in [0.15, 0.2) is 30.3 Å². The van der Waals surface area contributed by atoms with E-state index in [1.807, 2.05) is 0 Å². The second kappa shape index (κ2) is 7.80. The van der Waals surface area contributed by atoms with E-state index in [-0.39, 0.29) is 5.60 Å². The Balaban J connectivity index is 1.38. The third-order valence-corrected chi connectivity index (χ3v) is 7.19. The molecule has 1 aliphatic carbocycles. The molecule has 1 aromatic rings. The molecule has 1 N–H and O–H groups in total. The van der Waals surface area contributed by atoms with Gasteiger partial charge in [0.05, 0.1) is 5.60 Å². The van der Waals surface area contributed by atoms with E-state index < -0.39 is 0 Å². The zero-order valence-corrected chi connectivity index (χ0v) is 15.7. The highest BCUT2D eigenvalue weighted by atomic mass is 16.3. The van der Waals surface area contributed by atoms with Crippen molar-refractivity contribution in [1.82, 2.24) is 4.90 Å². The normalized spacial score (nSPS) is 34.1. The Labute approximate surface area is 153 Å². The summed E-state index contributed by atoms with van der Waals surface area (Å²) in [5.74, 6) is 0.889. The van der Waals surface area contributed by atoms with Gasteiger partial charge in [0.25, 0.3) is 0 Å². The van der Waals surface area contributed by atoms with Crippen LogP contribution in [0.5, 0.6) is 0 Å². The highest BCUT2D eigenvalue weighted by molar-refractivity contribution is 5.15. The Hall–Kier alpha value is -0.860. The maximum Gasteiger partial charge on any atom is 0.0677 e. The average molecular weight is 342 g/mol. The molecule has 0 radical (unpaired) electrons. The summed E-state index contributed by atoms with van der Waals surface area (Å²) < 4.78 is 0. The molecule has 2 heterocycles. The summed E-state index contributed by atoms with van der Waals surface area (Å²) in [7, 11) is 0. The SMILES string of the molecule is OC1(CCC2CCCCC2)CC2CCCC(C1)N2Cc1ccccc1. The second-order valence-corrected chi connectivity index (χ2v) is 9.07. The van der Waals surface area contributed by atoms with Gasteiger partial charge in [0.1, 0.15) is 0 Å². The molecule has 1 aromatic carbocycles. The van der Waals surface area contributed by atoms with Crippen molar-refractivity contribution in [3.63, 3.8) is 0 Å². The molecular weight excluding hydrogens is 306 g/mol. The number of aliphatic hydroxyl groups is 1. The minimum Gasteiger partial charge on any atom is -0.390 e. The van der Waals surface area contributed by atoms with Crippen LogP contribution in [0.4, 0.5) is 0 Å². The van der Waals surface area contributed by atoms with Crippen LogP contribution in [0.25, 0.3) is 0 Å². The highest BCUT2D eigenvalue weighted by Crippen LogP contribution is 2.43. The van der Waals surface area contributed by atoms with Crippen LogP contribution in [0.3, 0.4) is 0 Å². The van der Waals surface area contributed by atoms with Crippen LogP contribution in [-0.2, 0) is 6.54 Å². The monoisotopic (exact) mass is 341 g/mol. The molecule has 3 aliphatic rings. The summed E-state index contributed by atoms with van der Waals surface area (Å²) in [6.07, 6.45) is 15.3. The largest absolute Gasteiger partial charge is 0.390 e. The van der Waals surface area contributed by atoms with Gasteiger partial charge in [0.15, 0.2) is 0 Å². The van der Waals surface area contributed by atoms with Crippen LogP contribution in [-0.4, -0.2) is 27.7 Å². The number of hydrogen-bond acceptors (Lipinski definition) is 2. The van der Waals surface area contributed by atoms with Gasteiger partial charge >= 0.3 is 0 Å². The van der Waals surface area contributed by atoms with E-state index in [9.17, 15) is 5.11 Å². The standard InChI is InChI=1S/C23H35NO/c25-23(15-14-19-8-3-1-4-9-19)16-21-12-7-13-22(17-23)24(21)18-20-10-5-2-6-11-20/h2,5-6,10-11,19,21-22,25H,1,3-4,7-9,12-18H2. The molecule has 2 atom stereocenters. The lowest BCUT2D eigenvalue weighted by atomic mass is 9.72. The number of fused-ring (bicyclic) bond motifs is 2. The fourth-order valence-corrected chi connectivity index (χ4v) is 5.82. The van der Waals surface area contributed by atoms with E-state index >= 15 is 0 Å². The Bertz CT molecular complexity index is 522. The molecular formula is C23H35NO. The van der Waals surface area contributed by atoms with E-state index in [1.54, 1.807) is 0 Å². The number of hydrogen-bond donors (Lipinski definition) is 1. The fraction of sp³-hybridized carbons (Fsp3) is 0.739. The van der Waals surface area contributed by atoms with Crippen LogP contribution in [0, 0.1) is 5.92 Å². The van der Waals surface area contributed by atoms with Gasteiger partial charge < -0.3 is 5.11 Å². The lowest BCUT2D eigenvalue weighted by Crippen LogP contribution is -2.57. The van der Waals surface area contributed by atoms with E-state index in [0.717, 1.165) is 31.7 Å². The summed E-state index contributed by atoms with van der Waals surface area (Å²) >= 11 is 0. The molecule has 4 rings (SSSR count). The van der Waals surface area contributed by atoms with Gasteiger partial charge in [0, 0.05) is 18.6 Å². The predicted molar refractivity (Wildman–Crippen MR) is 103 cm³/mol. The van der Waals surface area contributed by atoms with Crippen molar-refractivity contribution >= 4 is 0 Å². The van der Waals surface area contributed by atoms with Crippen LogP contribution in [0.2, 0.25) is 0 Å². The van der Waals surface area contributed by atoms with E-state index in [4.69, 9.17) is 0 Å². The molecule has 3 fully saturated rings. The van der Waals surface area contributed by atoms with Crippen molar-refractivity contribution in [3.05, 3.63) is 35.9 Å². The quantitative estimate of drug-likeness (QED) is 0.786. The van der Waals surface area contributed by atoms with Crippen molar-refractivity contribution in [1.29, 1.82) is 0 Å². The van der Waals surface area contributed by atoms with Gasteiger partial charge in [-0.05, 0) is 50.0 Å². The molecule has 0 spiro atoms. The smallest absolute Gasteiger partial charge is 0.0677 e. The zero-order chi connectivity index (χ0) is 17.1. The summed E-state index contributed by atoms with van der Waals surface area (Å²) in [5, 5.41) is 11.4. The summed E-state index contributed by atoms with van der Waals surface area (Å²) in [6.45, 7) is 1.06. The number of benzene rings is 1. The Morgan fingerprint density at radius 1 is 0.880 bits per heavy atom. The van der Waals surface area contributed by atoms with Gasteiger partial charge in [0.2, 0.25) is 0 Å². The first-order chi connectivity index (χ1) is 12.2. The second-order valence-electron chi connectivity index (χ2n) is 9.07. The predicted octanol–water partition coefficient (Wildman–Crippen LogP) is 5.30. The van der Waals surface area contributed by atoms with Crippen molar-refractivity contribution in [2.75, 3.05) is 0 Å². The maximum absolute atomic E-state index is 11.4. The third kappa shape index (κ3) is 4.28. The van der Waals surface area contributed by atoms with Gasteiger partial charge in [-0.3, -0.25) is 4.90 Å². The molecule has 2 nitrogen and oxygen atoms in total. The summed E-state index contributed by atoms with van der Waals surface area (Å²) in [4.78, 5) is 2.72. The topological polar surface area (TPSA) is 23.5 Å². The lowest BCUT2D eigenvalue weighted by molar-refractivity contribution is -0.102. The molecule has 25 heavy (non-hydrogen) atoms.